The number of carbonyl (C=O) groups is 5. The number of aliphatic carboxylic acids is 1. The number of nitrogens with one attached hydrogen (secondary N) is 3. The summed E-state index contributed by atoms with van der Waals surface area (Å²) in [5.41, 5.74) is 10.4. The summed E-state index contributed by atoms with van der Waals surface area (Å²) in [6, 6.07) is -4.98. The van der Waals surface area contributed by atoms with Crippen molar-refractivity contribution in [2.75, 3.05) is 5.75 Å². The Hall–Kier alpha value is -2.38. The smallest absolute Gasteiger partial charge is 0.326 e. The molecule has 0 bridgehead atoms. The minimum Gasteiger partial charge on any atom is -0.480 e. The second-order valence-corrected chi connectivity index (χ2v) is 6.53. The molecule has 0 fully saturated rings. The number of carboxylic acids is 1. The summed E-state index contributed by atoms with van der Waals surface area (Å²) in [7, 11) is 0. The summed E-state index contributed by atoms with van der Waals surface area (Å²) in [6.45, 7) is 2.64. The van der Waals surface area contributed by atoms with E-state index in [0.29, 0.717) is 0 Å². The Morgan fingerprint density at radius 3 is 1.89 bits per heavy atom. The van der Waals surface area contributed by atoms with E-state index in [2.05, 4.69) is 28.6 Å². The summed E-state index contributed by atoms with van der Waals surface area (Å²) in [5.74, 6) is -4.77. The van der Waals surface area contributed by atoms with Crippen molar-refractivity contribution < 1.29 is 34.2 Å². The lowest BCUT2D eigenvalue weighted by Crippen LogP contribution is -2.60. The molecule has 0 aliphatic carbocycles. The fourth-order valence-electron chi connectivity index (χ4n) is 1.96. The van der Waals surface area contributed by atoms with Gasteiger partial charge in [-0.15, -0.1) is 0 Å². The largest absolute Gasteiger partial charge is 0.480 e. The Morgan fingerprint density at radius 1 is 0.964 bits per heavy atom. The zero-order valence-electron chi connectivity index (χ0n) is 15.5. The molecule has 4 amide bonds. The van der Waals surface area contributed by atoms with Gasteiger partial charge in [0.1, 0.15) is 18.1 Å². The highest BCUT2D eigenvalue weighted by Gasteiger charge is 2.31. The monoisotopic (exact) mass is 421 g/mol. The van der Waals surface area contributed by atoms with Gasteiger partial charge in [-0.1, -0.05) is 0 Å². The van der Waals surface area contributed by atoms with Gasteiger partial charge < -0.3 is 37.6 Å². The first-order valence-corrected chi connectivity index (χ1v) is 9.00. The Labute approximate surface area is 167 Å². The van der Waals surface area contributed by atoms with Gasteiger partial charge in [-0.2, -0.15) is 12.6 Å². The lowest BCUT2D eigenvalue weighted by Gasteiger charge is -2.25. The van der Waals surface area contributed by atoms with E-state index in [1.807, 2.05) is 0 Å². The average molecular weight is 421 g/mol. The highest BCUT2D eigenvalue weighted by Crippen LogP contribution is 2.01. The van der Waals surface area contributed by atoms with E-state index in [4.69, 9.17) is 16.6 Å². The fourth-order valence-corrected chi connectivity index (χ4v) is 2.22. The van der Waals surface area contributed by atoms with Gasteiger partial charge in [0.25, 0.3) is 0 Å². The van der Waals surface area contributed by atoms with E-state index < -0.39 is 59.9 Å². The summed E-state index contributed by atoms with van der Waals surface area (Å²) >= 11 is 3.94. The van der Waals surface area contributed by atoms with Crippen LogP contribution < -0.4 is 27.4 Å². The molecule has 28 heavy (non-hydrogen) atoms. The third-order valence-corrected chi connectivity index (χ3v) is 3.95. The molecule has 0 aromatic rings. The third kappa shape index (κ3) is 9.01. The summed E-state index contributed by atoms with van der Waals surface area (Å²) in [5, 5.41) is 25.5. The number of hydrogen-bond donors (Lipinski definition) is 8. The summed E-state index contributed by atoms with van der Waals surface area (Å²) in [4.78, 5) is 58.3. The molecule has 0 rings (SSSR count). The van der Waals surface area contributed by atoms with Crippen LogP contribution in [0, 0.1) is 0 Å². The van der Waals surface area contributed by atoms with E-state index in [1.165, 1.54) is 13.8 Å². The number of aliphatic hydroxyl groups is 1. The van der Waals surface area contributed by atoms with Gasteiger partial charge in [0, 0.05) is 12.2 Å². The van der Waals surface area contributed by atoms with Crippen molar-refractivity contribution in [1.29, 1.82) is 0 Å². The Bertz CT molecular complexity index is 599. The van der Waals surface area contributed by atoms with E-state index >= 15 is 0 Å². The SMILES string of the molecule is CC(N)C(=O)NC(C(=O)NC(CS)C(=O)NC(CCC(N)=O)C(=O)O)C(C)O. The molecule has 0 spiro atoms. The molecule has 5 atom stereocenters. The molecular formula is C15H27N5O7S. The fraction of sp³-hybridized carbons (Fsp3) is 0.667. The van der Waals surface area contributed by atoms with Crippen molar-refractivity contribution in [3.63, 3.8) is 0 Å². The second-order valence-electron chi connectivity index (χ2n) is 6.16. The number of nitrogens with two attached hydrogens (primary N) is 2. The van der Waals surface area contributed by atoms with Crippen LogP contribution in [0.1, 0.15) is 26.7 Å². The van der Waals surface area contributed by atoms with Crippen molar-refractivity contribution in [2.24, 2.45) is 11.5 Å². The molecule has 0 aliphatic heterocycles. The number of primary amides is 1. The molecule has 160 valence electrons. The zero-order chi connectivity index (χ0) is 22.0. The lowest BCUT2D eigenvalue weighted by molar-refractivity contribution is -0.142. The van der Waals surface area contributed by atoms with Crippen LogP contribution in [0.4, 0.5) is 0 Å². The summed E-state index contributed by atoms with van der Waals surface area (Å²) < 4.78 is 0. The lowest BCUT2D eigenvalue weighted by atomic mass is 10.1. The van der Waals surface area contributed by atoms with Crippen molar-refractivity contribution in [3.05, 3.63) is 0 Å². The number of amides is 4. The number of carboxylic acid groups (broad SMARTS) is 1. The maximum Gasteiger partial charge on any atom is 0.326 e. The number of rotatable bonds is 12. The maximum absolute atomic E-state index is 12.3. The predicted molar refractivity (Wildman–Crippen MR) is 101 cm³/mol. The molecule has 0 aliphatic rings. The quantitative estimate of drug-likeness (QED) is 0.147. The van der Waals surface area contributed by atoms with Gasteiger partial charge >= 0.3 is 5.97 Å². The second kappa shape index (κ2) is 12.2. The standard InChI is InChI=1S/C15H27N5O7S/c1-6(16)12(23)20-11(7(2)21)14(25)19-9(5-28)13(24)18-8(15(26)27)3-4-10(17)22/h6-9,11,21,28H,3-5,16H2,1-2H3,(H2,17,22)(H,18,24)(H,19,25)(H,20,23)(H,26,27). The number of hydrogen-bond acceptors (Lipinski definition) is 8. The molecule has 0 radical (unpaired) electrons. The number of aliphatic hydroxyl groups excluding tert-OH is 1. The van der Waals surface area contributed by atoms with Crippen LogP contribution in [-0.2, 0) is 24.0 Å². The topological polar surface area (TPSA) is 214 Å². The van der Waals surface area contributed by atoms with Crippen LogP contribution in [0.25, 0.3) is 0 Å². The highest BCUT2D eigenvalue weighted by atomic mass is 32.1. The predicted octanol–water partition coefficient (Wildman–Crippen LogP) is -3.55. The van der Waals surface area contributed by atoms with Gasteiger partial charge in [0.15, 0.2) is 0 Å². The van der Waals surface area contributed by atoms with E-state index in [1.54, 1.807) is 0 Å². The first-order valence-electron chi connectivity index (χ1n) is 8.37. The van der Waals surface area contributed by atoms with Crippen LogP contribution in [0.5, 0.6) is 0 Å². The molecule has 9 N–H and O–H groups in total. The first-order chi connectivity index (χ1) is 12.9. The molecule has 12 nitrogen and oxygen atoms in total. The molecule has 13 heteroatoms. The van der Waals surface area contributed by atoms with E-state index in [0.717, 1.165) is 0 Å². The van der Waals surface area contributed by atoms with Gasteiger partial charge in [0.2, 0.25) is 23.6 Å². The van der Waals surface area contributed by atoms with Crippen molar-refractivity contribution in [3.8, 4) is 0 Å². The highest BCUT2D eigenvalue weighted by molar-refractivity contribution is 7.80. The minimum atomic E-state index is -1.40. The van der Waals surface area contributed by atoms with Gasteiger partial charge in [0.05, 0.1) is 12.1 Å². The van der Waals surface area contributed by atoms with Crippen molar-refractivity contribution >= 4 is 42.2 Å². The number of thiol groups is 1. The Kier molecular flexibility index (Phi) is 11.1. The first kappa shape index (κ1) is 25.6. The molecule has 0 saturated carbocycles. The molecular weight excluding hydrogens is 394 g/mol. The van der Waals surface area contributed by atoms with Crippen LogP contribution >= 0.6 is 12.6 Å². The normalized spacial score (nSPS) is 16.0. The van der Waals surface area contributed by atoms with Gasteiger partial charge in [-0.3, -0.25) is 19.2 Å². The van der Waals surface area contributed by atoms with Crippen molar-refractivity contribution in [2.45, 2.75) is 57.0 Å². The molecule has 0 saturated heterocycles. The average Bonchev–Trinajstić information content (AvgIpc) is 2.59. The Morgan fingerprint density at radius 2 is 1.50 bits per heavy atom. The van der Waals surface area contributed by atoms with Crippen LogP contribution in [0.3, 0.4) is 0 Å². The molecule has 0 heterocycles. The molecule has 5 unspecified atom stereocenters. The molecule has 0 aromatic carbocycles. The summed E-state index contributed by atoms with van der Waals surface area (Å²) in [6.07, 6.45) is -1.79. The Balaban J connectivity index is 5.09. The van der Waals surface area contributed by atoms with E-state index in [9.17, 15) is 29.1 Å². The van der Waals surface area contributed by atoms with Gasteiger partial charge in [-0.25, -0.2) is 4.79 Å². The van der Waals surface area contributed by atoms with Crippen molar-refractivity contribution in [1.82, 2.24) is 16.0 Å². The number of carbonyl (C=O) groups excluding carboxylic acids is 4. The van der Waals surface area contributed by atoms with Gasteiger partial charge in [-0.05, 0) is 20.3 Å². The molecule has 0 aromatic heterocycles. The zero-order valence-corrected chi connectivity index (χ0v) is 16.4. The van der Waals surface area contributed by atoms with Crippen LogP contribution in [0.15, 0.2) is 0 Å². The maximum atomic E-state index is 12.3. The minimum absolute atomic E-state index is 0.201. The van der Waals surface area contributed by atoms with E-state index in [-0.39, 0.29) is 18.6 Å². The van der Waals surface area contributed by atoms with Crippen LogP contribution in [-0.4, -0.2) is 75.8 Å². The third-order valence-electron chi connectivity index (χ3n) is 3.59. The van der Waals surface area contributed by atoms with Crippen LogP contribution in [0.2, 0.25) is 0 Å².